The molecule has 0 aliphatic carbocycles. The smallest absolute Gasteiger partial charge is 0.223 e. The van der Waals surface area contributed by atoms with Gasteiger partial charge in [0.05, 0.1) is 12.5 Å². The normalized spacial score (nSPS) is 11.0. The van der Waals surface area contributed by atoms with Gasteiger partial charge < -0.3 is 15.0 Å². The zero-order valence-electron chi connectivity index (χ0n) is 11.2. The molecule has 5 nitrogen and oxygen atoms in total. The quantitative estimate of drug-likeness (QED) is 0.527. The van der Waals surface area contributed by atoms with E-state index in [0.29, 0.717) is 11.7 Å². The van der Waals surface area contributed by atoms with Crippen molar-refractivity contribution in [3.05, 3.63) is 44.7 Å². The Morgan fingerprint density at radius 1 is 1.29 bits per heavy atom. The molecule has 2 aromatic heterocycles. The van der Waals surface area contributed by atoms with Gasteiger partial charge in [-0.15, -0.1) is 0 Å². The van der Waals surface area contributed by atoms with E-state index in [-0.39, 0.29) is 5.95 Å². The summed E-state index contributed by atoms with van der Waals surface area (Å²) in [5.41, 5.74) is 7.57. The number of ether oxygens (including phenoxy) is 1. The van der Waals surface area contributed by atoms with Gasteiger partial charge in [-0.25, -0.2) is 4.98 Å². The zero-order valence-corrected chi connectivity index (χ0v) is 14.1. The molecule has 2 N–H and O–H groups in total. The lowest BCUT2D eigenvalue weighted by atomic mass is 10.2. The van der Waals surface area contributed by atoms with E-state index in [2.05, 4.69) is 32.6 Å². The molecule has 3 rings (SSSR count). The lowest BCUT2D eigenvalue weighted by Crippen LogP contribution is -2.02. The van der Waals surface area contributed by atoms with Crippen molar-refractivity contribution >= 4 is 51.2 Å². The second kappa shape index (κ2) is 5.69. The van der Waals surface area contributed by atoms with Gasteiger partial charge in [-0.2, -0.15) is 4.98 Å². The first-order valence-corrected chi connectivity index (χ1v) is 7.64. The summed E-state index contributed by atoms with van der Waals surface area (Å²) in [6.07, 6.45) is 2.00. The lowest BCUT2D eigenvalue weighted by Gasteiger charge is -2.06. The molecule has 0 unspecified atom stereocenters. The molecular weight excluding hydrogens is 403 g/mol. The summed E-state index contributed by atoms with van der Waals surface area (Å²) in [6, 6.07) is 7.90. The summed E-state index contributed by atoms with van der Waals surface area (Å²) in [7, 11) is 1.65. The first-order chi connectivity index (χ1) is 10.1. The van der Waals surface area contributed by atoms with Gasteiger partial charge in [0, 0.05) is 16.3 Å². The Hall–Kier alpha value is -1.54. The van der Waals surface area contributed by atoms with Crippen molar-refractivity contribution in [3.8, 4) is 5.75 Å². The first-order valence-electron chi connectivity index (χ1n) is 6.19. The van der Waals surface area contributed by atoms with E-state index >= 15 is 0 Å². The van der Waals surface area contributed by atoms with Gasteiger partial charge in [-0.1, -0.05) is 23.7 Å². The topological polar surface area (TPSA) is 66.0 Å². The molecule has 3 aromatic rings. The highest BCUT2D eigenvalue weighted by Crippen LogP contribution is 2.28. The summed E-state index contributed by atoms with van der Waals surface area (Å²) in [4.78, 5) is 8.31. The van der Waals surface area contributed by atoms with Crippen molar-refractivity contribution in [3.63, 3.8) is 0 Å². The molecule has 0 fully saturated rings. The third kappa shape index (κ3) is 2.77. The average molecular weight is 415 g/mol. The molecule has 2 heterocycles. The Bertz CT molecular complexity index is 801. The van der Waals surface area contributed by atoms with Gasteiger partial charge in [0.2, 0.25) is 5.95 Å². The van der Waals surface area contributed by atoms with Crippen molar-refractivity contribution in [2.24, 2.45) is 0 Å². The number of aromatic nitrogens is 3. The van der Waals surface area contributed by atoms with Crippen molar-refractivity contribution < 1.29 is 4.74 Å². The number of anilines is 1. The number of rotatable bonds is 3. The lowest BCUT2D eigenvalue weighted by molar-refractivity contribution is 0.414. The third-order valence-corrected chi connectivity index (χ3v) is 4.25. The second-order valence-corrected chi connectivity index (χ2v) is 6.04. The van der Waals surface area contributed by atoms with Crippen LogP contribution in [0.25, 0.3) is 11.0 Å². The number of hydrogen-bond acceptors (Lipinski definition) is 4. The van der Waals surface area contributed by atoms with Crippen LogP contribution in [0.1, 0.15) is 5.56 Å². The summed E-state index contributed by atoms with van der Waals surface area (Å²) in [6.45, 7) is 0.677. The maximum Gasteiger partial charge on any atom is 0.223 e. The summed E-state index contributed by atoms with van der Waals surface area (Å²) in [5.74, 6) is 1.01. The Kier molecular flexibility index (Phi) is 3.90. The van der Waals surface area contributed by atoms with Gasteiger partial charge in [-0.3, -0.25) is 0 Å². The fourth-order valence-electron chi connectivity index (χ4n) is 2.16. The molecule has 0 radical (unpaired) electrons. The van der Waals surface area contributed by atoms with Gasteiger partial charge in [0.15, 0.2) is 0 Å². The Morgan fingerprint density at radius 3 is 2.67 bits per heavy atom. The molecule has 0 saturated heterocycles. The molecule has 21 heavy (non-hydrogen) atoms. The van der Waals surface area contributed by atoms with Gasteiger partial charge in [0.25, 0.3) is 0 Å². The Balaban J connectivity index is 2.04. The largest absolute Gasteiger partial charge is 0.497 e. The molecule has 0 saturated carbocycles. The van der Waals surface area contributed by atoms with Crippen LogP contribution < -0.4 is 10.5 Å². The maximum absolute atomic E-state index is 6.16. The van der Waals surface area contributed by atoms with E-state index in [4.69, 9.17) is 22.1 Å². The van der Waals surface area contributed by atoms with E-state index in [1.54, 1.807) is 7.11 Å². The van der Waals surface area contributed by atoms with Gasteiger partial charge >= 0.3 is 0 Å². The van der Waals surface area contributed by atoms with E-state index in [0.717, 1.165) is 25.9 Å². The van der Waals surface area contributed by atoms with Gasteiger partial charge in [-0.05, 0) is 40.3 Å². The first kappa shape index (κ1) is 14.4. The van der Waals surface area contributed by atoms with Crippen molar-refractivity contribution in [1.82, 2.24) is 14.5 Å². The molecule has 0 bridgehead atoms. The highest BCUT2D eigenvalue weighted by Gasteiger charge is 2.14. The molecule has 7 heteroatoms. The molecule has 108 valence electrons. The van der Waals surface area contributed by atoms with Crippen molar-refractivity contribution in [1.29, 1.82) is 0 Å². The van der Waals surface area contributed by atoms with Crippen molar-refractivity contribution in [2.45, 2.75) is 6.54 Å². The fraction of sp³-hybridized carbons (Fsp3) is 0.143. The molecule has 0 amide bonds. The number of halogens is 2. The van der Waals surface area contributed by atoms with Crippen LogP contribution in [-0.4, -0.2) is 21.6 Å². The van der Waals surface area contributed by atoms with Crippen LogP contribution in [0.4, 0.5) is 5.95 Å². The third-order valence-electron chi connectivity index (χ3n) is 3.16. The Morgan fingerprint density at radius 2 is 2.00 bits per heavy atom. The summed E-state index contributed by atoms with van der Waals surface area (Å²) >= 11 is 8.38. The van der Waals surface area contributed by atoms with E-state index < -0.39 is 0 Å². The van der Waals surface area contributed by atoms with Gasteiger partial charge in [0.1, 0.15) is 16.5 Å². The fourth-order valence-corrected chi connectivity index (χ4v) is 3.43. The molecule has 0 aliphatic rings. The molecule has 1 aromatic carbocycles. The predicted octanol–water partition coefficient (Wildman–Crippen LogP) is 3.33. The molecule has 0 spiro atoms. The minimum Gasteiger partial charge on any atom is -0.497 e. The maximum atomic E-state index is 6.16. The number of nitrogen functional groups attached to an aromatic ring is 1. The van der Waals surface area contributed by atoms with Crippen LogP contribution in [0.15, 0.2) is 30.5 Å². The van der Waals surface area contributed by atoms with Crippen LogP contribution in [0.3, 0.4) is 0 Å². The highest BCUT2D eigenvalue weighted by molar-refractivity contribution is 14.1. The summed E-state index contributed by atoms with van der Waals surface area (Å²) < 4.78 is 8.18. The highest BCUT2D eigenvalue weighted by atomic mass is 127. The van der Waals surface area contributed by atoms with E-state index in [1.807, 2.05) is 35.0 Å². The minimum absolute atomic E-state index is 0.179. The number of nitrogens with zero attached hydrogens (tertiary/aromatic N) is 3. The molecular formula is C14H12ClIN4O. The number of fused-ring (bicyclic) bond motifs is 1. The number of benzene rings is 1. The van der Waals surface area contributed by atoms with Crippen LogP contribution in [0, 0.1) is 3.57 Å². The monoisotopic (exact) mass is 414 g/mol. The number of nitrogens with two attached hydrogens (primary N) is 1. The number of methoxy groups -OCH3 is 1. The van der Waals surface area contributed by atoms with Crippen LogP contribution in [-0.2, 0) is 6.54 Å². The van der Waals surface area contributed by atoms with Crippen molar-refractivity contribution in [2.75, 3.05) is 12.8 Å². The Labute approximate surface area is 140 Å². The second-order valence-electron chi connectivity index (χ2n) is 4.52. The summed E-state index contributed by atoms with van der Waals surface area (Å²) in [5, 5.41) is 1.22. The number of hydrogen-bond donors (Lipinski definition) is 1. The SMILES string of the molecule is COc1ccc(Cn2cc(I)c3c(Cl)nc(N)nc32)cc1. The molecule has 0 atom stereocenters. The predicted molar refractivity (Wildman–Crippen MR) is 91.8 cm³/mol. The van der Waals surface area contributed by atoms with Crippen LogP contribution >= 0.6 is 34.2 Å². The van der Waals surface area contributed by atoms with E-state index in [9.17, 15) is 0 Å². The van der Waals surface area contributed by atoms with Crippen LogP contribution in [0.2, 0.25) is 5.15 Å². The minimum atomic E-state index is 0.179. The van der Waals surface area contributed by atoms with Crippen LogP contribution in [0.5, 0.6) is 5.75 Å². The average Bonchev–Trinajstić information content (AvgIpc) is 2.76. The molecule has 0 aliphatic heterocycles. The van der Waals surface area contributed by atoms with E-state index in [1.165, 1.54) is 0 Å². The zero-order chi connectivity index (χ0) is 15.0. The standard InChI is InChI=1S/C14H12ClIN4O/c1-21-9-4-2-8(3-5-9)6-20-7-10(16)11-12(15)18-14(17)19-13(11)20/h2-5,7H,6H2,1H3,(H2,17,18,19).